The van der Waals surface area contributed by atoms with Gasteiger partial charge in [0.25, 0.3) is 0 Å². The molecule has 1 aliphatic carbocycles. The number of rotatable bonds is 23. The predicted molar refractivity (Wildman–Crippen MR) is 167 cm³/mol. The van der Waals surface area contributed by atoms with E-state index in [2.05, 4.69) is 31.4 Å². The van der Waals surface area contributed by atoms with Gasteiger partial charge in [-0.05, 0) is 85.7 Å². The molecule has 1 aliphatic rings. The molecule has 0 radical (unpaired) electrons. The quantitative estimate of drug-likeness (QED) is 0.104. The average Bonchev–Trinajstić information content (AvgIpc) is 2.91. The second-order valence-corrected chi connectivity index (χ2v) is 16.3. The molecule has 39 heavy (non-hydrogen) atoms. The molecule has 1 saturated carbocycles. The molecule has 1 rings (SSSR count). The van der Waals surface area contributed by atoms with Gasteiger partial charge >= 0.3 is 17.6 Å². The minimum Gasteiger partial charge on any atom is -0.374 e. The molecule has 8 nitrogen and oxygen atoms in total. The Bertz CT molecular complexity index is 520. The van der Waals surface area contributed by atoms with E-state index < -0.39 is 17.6 Å². The summed E-state index contributed by atoms with van der Waals surface area (Å²) in [6.45, 7) is 25.8. The van der Waals surface area contributed by atoms with E-state index in [9.17, 15) is 0 Å². The molecule has 0 amide bonds. The van der Waals surface area contributed by atoms with E-state index in [1.165, 1.54) is 32.1 Å². The first kappa shape index (κ1) is 39.1. The van der Waals surface area contributed by atoms with Gasteiger partial charge in [-0.2, -0.15) is 0 Å². The minimum absolute atomic E-state index is 0.236. The van der Waals surface area contributed by atoms with Crippen LogP contribution in [-0.2, 0) is 26.6 Å². The maximum absolute atomic E-state index is 5.88. The second-order valence-electron chi connectivity index (χ2n) is 10.8. The average molecular weight is 595 g/mol. The molecule has 0 atom stereocenters. The van der Waals surface area contributed by atoms with Crippen LogP contribution in [0.15, 0.2) is 0 Å². The SMILES string of the molecule is CCNCC(C)(C)CC[Si](OCC)(OCC)OCC.CCO[Si](CCCNC1CCCCC1)(OCC)OCC. The van der Waals surface area contributed by atoms with Gasteiger partial charge in [-0.3, -0.25) is 0 Å². The van der Waals surface area contributed by atoms with Crippen molar-refractivity contribution < 1.29 is 26.6 Å². The van der Waals surface area contributed by atoms with Crippen LogP contribution in [0.4, 0.5) is 0 Å². The lowest BCUT2D eigenvalue weighted by Gasteiger charge is -2.32. The van der Waals surface area contributed by atoms with Crippen molar-refractivity contribution in [3.8, 4) is 0 Å². The fourth-order valence-electron chi connectivity index (χ4n) is 4.96. The fourth-order valence-corrected chi connectivity index (χ4v) is 10.6. The molecule has 0 aromatic heterocycles. The zero-order valence-electron chi connectivity index (χ0n) is 27.3. The zero-order valence-corrected chi connectivity index (χ0v) is 29.3. The van der Waals surface area contributed by atoms with Crippen LogP contribution in [0.3, 0.4) is 0 Å². The van der Waals surface area contributed by atoms with Gasteiger partial charge < -0.3 is 37.2 Å². The van der Waals surface area contributed by atoms with E-state index in [1.807, 2.05) is 41.5 Å². The summed E-state index contributed by atoms with van der Waals surface area (Å²) >= 11 is 0. The first-order chi connectivity index (χ1) is 18.7. The molecule has 0 bridgehead atoms. The highest BCUT2D eigenvalue weighted by atomic mass is 28.4. The molecule has 0 aromatic rings. The highest BCUT2D eigenvalue weighted by Gasteiger charge is 2.41. The molecule has 1 fully saturated rings. The first-order valence-corrected chi connectivity index (χ1v) is 19.9. The molecular weight excluding hydrogens is 528 g/mol. The molecule has 0 aliphatic heterocycles. The molecule has 0 heterocycles. The molecule has 2 N–H and O–H groups in total. The summed E-state index contributed by atoms with van der Waals surface area (Å²) in [5.41, 5.74) is 0.236. The Labute approximate surface area is 244 Å². The number of nitrogens with one attached hydrogen (secondary N) is 2. The van der Waals surface area contributed by atoms with Crippen molar-refractivity contribution in [1.29, 1.82) is 0 Å². The van der Waals surface area contributed by atoms with Crippen molar-refractivity contribution in [2.24, 2.45) is 5.41 Å². The molecule has 0 saturated heterocycles. The third-order valence-electron chi connectivity index (χ3n) is 6.84. The van der Waals surface area contributed by atoms with Gasteiger partial charge in [-0.1, -0.05) is 40.0 Å². The second kappa shape index (κ2) is 23.7. The summed E-state index contributed by atoms with van der Waals surface area (Å²) in [6.07, 6.45) is 8.97. The highest BCUT2D eigenvalue weighted by Crippen LogP contribution is 2.28. The summed E-state index contributed by atoms with van der Waals surface area (Å²) < 4.78 is 35.3. The summed E-state index contributed by atoms with van der Waals surface area (Å²) in [5.74, 6) is 0. The van der Waals surface area contributed by atoms with Crippen LogP contribution in [0.5, 0.6) is 0 Å². The minimum atomic E-state index is -2.47. The van der Waals surface area contributed by atoms with Crippen molar-refractivity contribution in [3.63, 3.8) is 0 Å². The Hall–Kier alpha value is 0.114. The van der Waals surface area contributed by atoms with Crippen LogP contribution in [0, 0.1) is 5.41 Å². The molecule has 0 spiro atoms. The van der Waals surface area contributed by atoms with Gasteiger partial charge in [-0.25, -0.2) is 0 Å². The Morgan fingerprint density at radius 3 is 1.49 bits per heavy atom. The number of hydrogen-bond donors (Lipinski definition) is 2. The van der Waals surface area contributed by atoms with Crippen LogP contribution < -0.4 is 10.6 Å². The standard InChI is InChI=1S/C15H33NO3Si.C14H33NO3Si/c1-4-17-20(18-5-2,19-6-3)14-10-13-16-15-11-8-7-9-12-15;1-7-15-13-14(5,6)11-12-19(16-8-2,17-9-3)18-10-4/h15-16H,4-14H2,1-3H3;15H,7-13H2,1-6H3. The van der Waals surface area contributed by atoms with Crippen molar-refractivity contribution in [2.75, 3.05) is 59.3 Å². The molecule has 0 aromatic carbocycles. The van der Waals surface area contributed by atoms with Gasteiger partial charge in [-0.15, -0.1) is 0 Å². The van der Waals surface area contributed by atoms with Crippen LogP contribution in [0.2, 0.25) is 12.1 Å². The molecular formula is C29H66N2O6Si2. The lowest BCUT2D eigenvalue weighted by molar-refractivity contribution is 0.0675. The van der Waals surface area contributed by atoms with Gasteiger partial charge in [0.05, 0.1) is 0 Å². The Morgan fingerprint density at radius 1 is 0.641 bits per heavy atom. The van der Waals surface area contributed by atoms with Crippen LogP contribution in [0.1, 0.15) is 107 Å². The molecule has 236 valence electrons. The maximum Gasteiger partial charge on any atom is 0.500 e. The summed E-state index contributed by atoms with van der Waals surface area (Å²) in [7, 11) is -4.89. The van der Waals surface area contributed by atoms with Gasteiger partial charge in [0.1, 0.15) is 0 Å². The third kappa shape index (κ3) is 18.3. The predicted octanol–water partition coefficient (Wildman–Crippen LogP) is 6.41. The van der Waals surface area contributed by atoms with Crippen LogP contribution >= 0.6 is 0 Å². The maximum atomic E-state index is 5.88. The highest BCUT2D eigenvalue weighted by molar-refractivity contribution is 6.61. The monoisotopic (exact) mass is 594 g/mol. The third-order valence-corrected chi connectivity index (χ3v) is 13.0. The van der Waals surface area contributed by atoms with Crippen molar-refractivity contribution in [1.82, 2.24) is 10.6 Å². The summed E-state index contributed by atoms with van der Waals surface area (Å²) in [5, 5.41) is 7.09. The Kier molecular flexibility index (Phi) is 23.7. The van der Waals surface area contributed by atoms with E-state index in [0.29, 0.717) is 39.6 Å². The summed E-state index contributed by atoms with van der Waals surface area (Å²) in [4.78, 5) is 0. The number of hydrogen-bond acceptors (Lipinski definition) is 8. The van der Waals surface area contributed by atoms with Gasteiger partial charge in [0.15, 0.2) is 0 Å². The van der Waals surface area contributed by atoms with Gasteiger partial charge in [0.2, 0.25) is 0 Å². The Morgan fingerprint density at radius 2 is 1.08 bits per heavy atom. The van der Waals surface area contributed by atoms with E-state index in [1.54, 1.807) is 0 Å². The van der Waals surface area contributed by atoms with Gasteiger partial charge in [0, 0.05) is 64.3 Å². The largest absolute Gasteiger partial charge is 0.500 e. The lowest BCUT2D eigenvalue weighted by Crippen LogP contribution is -2.47. The normalized spacial score (nSPS) is 15.3. The van der Waals surface area contributed by atoms with E-state index >= 15 is 0 Å². The van der Waals surface area contributed by atoms with Crippen molar-refractivity contribution >= 4 is 17.6 Å². The van der Waals surface area contributed by atoms with Crippen molar-refractivity contribution in [3.05, 3.63) is 0 Å². The van der Waals surface area contributed by atoms with Crippen molar-refractivity contribution in [2.45, 2.75) is 125 Å². The topological polar surface area (TPSA) is 79.4 Å². The smallest absolute Gasteiger partial charge is 0.374 e. The van der Waals surface area contributed by atoms with E-state index in [-0.39, 0.29) is 5.41 Å². The fraction of sp³-hybridized carbons (Fsp3) is 1.00. The zero-order chi connectivity index (χ0) is 29.5. The lowest BCUT2D eigenvalue weighted by atomic mass is 9.90. The molecule has 10 heteroatoms. The molecule has 0 unspecified atom stereocenters. The van der Waals surface area contributed by atoms with E-state index in [4.69, 9.17) is 26.6 Å². The van der Waals surface area contributed by atoms with Crippen LogP contribution in [0.25, 0.3) is 0 Å². The Balaban J connectivity index is 0.000000742. The van der Waals surface area contributed by atoms with E-state index in [0.717, 1.165) is 50.6 Å². The summed E-state index contributed by atoms with van der Waals surface area (Å²) in [6, 6.07) is 2.54. The first-order valence-electron chi connectivity index (χ1n) is 16.0. The van der Waals surface area contributed by atoms with Crippen LogP contribution in [-0.4, -0.2) is 82.9 Å².